The Morgan fingerprint density at radius 2 is 2.32 bits per heavy atom. The minimum absolute atomic E-state index is 0.0744. The molecule has 2 aromatic heterocycles. The monoisotopic (exact) mass is 257 g/mol. The Kier molecular flexibility index (Phi) is 2.70. The number of hydrogen-bond acceptors (Lipinski definition) is 4. The van der Waals surface area contributed by atoms with Gasteiger partial charge in [0.1, 0.15) is 11.6 Å². The summed E-state index contributed by atoms with van der Waals surface area (Å²) >= 11 is 0. The van der Waals surface area contributed by atoms with E-state index in [9.17, 15) is 0 Å². The van der Waals surface area contributed by atoms with Crippen molar-refractivity contribution in [2.45, 2.75) is 26.2 Å². The number of nitrogens with two attached hydrogens (primary N) is 1. The summed E-state index contributed by atoms with van der Waals surface area (Å²) < 4.78 is 1.85. The van der Waals surface area contributed by atoms with E-state index in [0.717, 1.165) is 30.8 Å². The molecule has 2 heterocycles. The molecule has 0 amide bonds. The van der Waals surface area contributed by atoms with Crippen LogP contribution in [0.25, 0.3) is 5.82 Å². The highest BCUT2D eigenvalue weighted by Crippen LogP contribution is 2.25. The fraction of sp³-hybridized carbons (Fsp3) is 0.308. The zero-order chi connectivity index (χ0) is 13.4. The third-order valence-corrected chi connectivity index (χ3v) is 3.47. The van der Waals surface area contributed by atoms with Crippen LogP contribution in [-0.2, 0) is 12.8 Å². The van der Waals surface area contributed by atoms with Crippen molar-refractivity contribution in [3.05, 3.63) is 41.1 Å². The van der Waals surface area contributed by atoms with Crippen molar-refractivity contribution in [2.75, 3.05) is 0 Å². The third-order valence-electron chi connectivity index (χ3n) is 3.47. The summed E-state index contributed by atoms with van der Waals surface area (Å²) in [5.74, 6) is 1.56. The molecule has 0 radical (unpaired) electrons. The van der Waals surface area contributed by atoms with Crippen LogP contribution in [-0.4, -0.2) is 25.6 Å². The molecule has 3 rings (SSSR count). The number of oxime groups is 1. The first kappa shape index (κ1) is 11.7. The molecular formula is C13H15N5O. The van der Waals surface area contributed by atoms with Gasteiger partial charge in [-0.05, 0) is 37.8 Å². The van der Waals surface area contributed by atoms with Gasteiger partial charge in [-0.1, -0.05) is 5.16 Å². The lowest BCUT2D eigenvalue weighted by molar-refractivity contribution is 0.318. The standard InChI is InChI=1S/C13H15N5O/c1-8-15-5-6-18(8)13-10(12(14)17-19)7-9-3-2-4-11(9)16-13/h5-7,19H,2-4H2,1H3,(H2,14,17). The minimum atomic E-state index is 0.0744. The fourth-order valence-electron chi connectivity index (χ4n) is 2.49. The second-order valence-electron chi connectivity index (χ2n) is 4.65. The molecule has 0 unspecified atom stereocenters. The zero-order valence-electron chi connectivity index (χ0n) is 10.7. The zero-order valence-corrected chi connectivity index (χ0v) is 10.7. The number of aryl methyl sites for hydroxylation is 3. The number of aromatic nitrogens is 3. The number of hydrogen-bond donors (Lipinski definition) is 2. The quantitative estimate of drug-likeness (QED) is 0.365. The van der Waals surface area contributed by atoms with E-state index in [1.807, 2.05) is 23.8 Å². The van der Waals surface area contributed by atoms with E-state index >= 15 is 0 Å². The van der Waals surface area contributed by atoms with Crippen molar-refractivity contribution in [3.8, 4) is 5.82 Å². The Bertz CT molecular complexity index is 659. The number of pyridine rings is 1. The lowest BCUT2D eigenvalue weighted by Crippen LogP contribution is -2.18. The van der Waals surface area contributed by atoms with E-state index in [-0.39, 0.29) is 5.84 Å². The van der Waals surface area contributed by atoms with Gasteiger partial charge in [0.15, 0.2) is 5.84 Å². The molecule has 6 heteroatoms. The van der Waals surface area contributed by atoms with Crippen LogP contribution in [0.2, 0.25) is 0 Å². The highest BCUT2D eigenvalue weighted by atomic mass is 16.4. The van der Waals surface area contributed by atoms with E-state index in [1.54, 1.807) is 6.20 Å². The average Bonchev–Trinajstić information content (AvgIpc) is 3.04. The summed E-state index contributed by atoms with van der Waals surface area (Å²) in [5.41, 5.74) is 8.69. The van der Waals surface area contributed by atoms with Crippen LogP contribution >= 0.6 is 0 Å². The SMILES string of the molecule is Cc1nccn1-c1nc2c(cc1C(N)=NO)CCC2. The molecule has 0 saturated heterocycles. The van der Waals surface area contributed by atoms with Gasteiger partial charge in [0, 0.05) is 18.1 Å². The fourth-order valence-corrected chi connectivity index (χ4v) is 2.49. The molecule has 0 aromatic carbocycles. The second kappa shape index (κ2) is 4.38. The predicted octanol–water partition coefficient (Wildman–Crippen LogP) is 1.16. The number of rotatable bonds is 2. The molecule has 98 valence electrons. The maximum atomic E-state index is 8.94. The molecule has 19 heavy (non-hydrogen) atoms. The van der Waals surface area contributed by atoms with Gasteiger partial charge >= 0.3 is 0 Å². The third kappa shape index (κ3) is 1.85. The van der Waals surface area contributed by atoms with Crippen LogP contribution in [0.4, 0.5) is 0 Å². The normalized spacial score (nSPS) is 14.7. The Morgan fingerprint density at radius 3 is 3.00 bits per heavy atom. The maximum absolute atomic E-state index is 8.94. The van der Waals surface area contributed by atoms with Crippen molar-refractivity contribution < 1.29 is 5.21 Å². The largest absolute Gasteiger partial charge is 0.409 e. The first-order valence-electron chi connectivity index (χ1n) is 6.21. The Hall–Kier alpha value is -2.37. The first-order chi connectivity index (χ1) is 9.20. The summed E-state index contributed by atoms with van der Waals surface area (Å²) in [7, 11) is 0. The van der Waals surface area contributed by atoms with Crippen LogP contribution in [0.3, 0.4) is 0 Å². The van der Waals surface area contributed by atoms with Crippen LogP contribution in [0, 0.1) is 6.92 Å². The number of imidazole rings is 1. The van der Waals surface area contributed by atoms with E-state index in [1.165, 1.54) is 5.56 Å². The van der Waals surface area contributed by atoms with E-state index < -0.39 is 0 Å². The molecule has 2 aromatic rings. The van der Waals surface area contributed by atoms with Crippen molar-refractivity contribution in [1.82, 2.24) is 14.5 Å². The Morgan fingerprint density at radius 1 is 1.47 bits per heavy atom. The summed E-state index contributed by atoms with van der Waals surface area (Å²) in [4.78, 5) is 8.87. The summed E-state index contributed by atoms with van der Waals surface area (Å²) in [6.45, 7) is 1.89. The topological polar surface area (TPSA) is 89.3 Å². The Balaban J connectivity index is 2.25. The summed E-state index contributed by atoms with van der Waals surface area (Å²) in [6, 6.07) is 1.97. The highest BCUT2D eigenvalue weighted by Gasteiger charge is 2.20. The summed E-state index contributed by atoms with van der Waals surface area (Å²) in [6.07, 6.45) is 6.61. The summed E-state index contributed by atoms with van der Waals surface area (Å²) in [5, 5.41) is 12.0. The van der Waals surface area contributed by atoms with Gasteiger partial charge in [0.05, 0.1) is 5.56 Å². The van der Waals surface area contributed by atoms with E-state index in [0.29, 0.717) is 11.4 Å². The second-order valence-corrected chi connectivity index (χ2v) is 4.65. The molecule has 0 bridgehead atoms. The molecule has 1 aliphatic rings. The molecular weight excluding hydrogens is 242 g/mol. The van der Waals surface area contributed by atoms with Gasteiger partial charge in [-0.15, -0.1) is 0 Å². The van der Waals surface area contributed by atoms with Crippen LogP contribution < -0.4 is 5.73 Å². The first-order valence-corrected chi connectivity index (χ1v) is 6.21. The number of nitrogens with zero attached hydrogens (tertiary/aromatic N) is 4. The van der Waals surface area contributed by atoms with Crippen LogP contribution in [0.1, 0.15) is 29.1 Å². The average molecular weight is 257 g/mol. The molecule has 0 atom stereocenters. The highest BCUT2D eigenvalue weighted by molar-refractivity contribution is 6.00. The lowest BCUT2D eigenvalue weighted by Gasteiger charge is -2.12. The van der Waals surface area contributed by atoms with Gasteiger partial charge in [0.25, 0.3) is 0 Å². The Labute approximate surface area is 110 Å². The maximum Gasteiger partial charge on any atom is 0.173 e. The van der Waals surface area contributed by atoms with Gasteiger partial charge in [-0.3, -0.25) is 4.57 Å². The van der Waals surface area contributed by atoms with Gasteiger partial charge in [-0.2, -0.15) is 0 Å². The molecule has 0 saturated carbocycles. The minimum Gasteiger partial charge on any atom is -0.409 e. The molecule has 0 spiro atoms. The smallest absolute Gasteiger partial charge is 0.173 e. The predicted molar refractivity (Wildman–Crippen MR) is 70.6 cm³/mol. The van der Waals surface area contributed by atoms with Crippen molar-refractivity contribution in [1.29, 1.82) is 0 Å². The van der Waals surface area contributed by atoms with Crippen LogP contribution in [0.5, 0.6) is 0 Å². The van der Waals surface area contributed by atoms with Gasteiger partial charge < -0.3 is 10.9 Å². The van der Waals surface area contributed by atoms with E-state index in [4.69, 9.17) is 10.9 Å². The number of amidine groups is 1. The van der Waals surface area contributed by atoms with Crippen molar-refractivity contribution in [3.63, 3.8) is 0 Å². The van der Waals surface area contributed by atoms with Gasteiger partial charge in [0.2, 0.25) is 0 Å². The van der Waals surface area contributed by atoms with E-state index in [2.05, 4.69) is 15.1 Å². The molecule has 3 N–H and O–H groups in total. The molecule has 0 fully saturated rings. The molecule has 6 nitrogen and oxygen atoms in total. The van der Waals surface area contributed by atoms with Crippen molar-refractivity contribution >= 4 is 5.84 Å². The number of fused-ring (bicyclic) bond motifs is 1. The molecule has 0 aliphatic heterocycles. The van der Waals surface area contributed by atoms with Crippen molar-refractivity contribution in [2.24, 2.45) is 10.9 Å². The lowest BCUT2D eigenvalue weighted by atomic mass is 10.1. The van der Waals surface area contributed by atoms with Crippen LogP contribution in [0.15, 0.2) is 23.6 Å². The molecule has 1 aliphatic carbocycles. The van der Waals surface area contributed by atoms with Gasteiger partial charge in [-0.25, -0.2) is 9.97 Å².